The predicted molar refractivity (Wildman–Crippen MR) is 98.3 cm³/mol. The average molecular weight is 369 g/mol. The van der Waals surface area contributed by atoms with Gasteiger partial charge in [-0.3, -0.25) is 19.8 Å². The van der Waals surface area contributed by atoms with Crippen LogP contribution in [0.2, 0.25) is 0 Å². The first kappa shape index (κ1) is 20.9. The van der Waals surface area contributed by atoms with Gasteiger partial charge in [0.15, 0.2) is 0 Å². The summed E-state index contributed by atoms with van der Waals surface area (Å²) in [6.07, 6.45) is 0.375. The van der Waals surface area contributed by atoms with Gasteiger partial charge in [-0.25, -0.2) is 5.01 Å². The number of hydrazine groups is 1. The van der Waals surface area contributed by atoms with E-state index in [1.807, 2.05) is 20.8 Å². The number of rotatable bonds is 5. The van der Waals surface area contributed by atoms with Crippen molar-refractivity contribution in [1.29, 1.82) is 0 Å². The summed E-state index contributed by atoms with van der Waals surface area (Å²) in [6.45, 7) is 6.25. The summed E-state index contributed by atoms with van der Waals surface area (Å²) in [5.74, 6) is -0.418. The fraction of sp³-hybridized carbons (Fsp3) is 0.471. The quantitative estimate of drug-likeness (QED) is 0.730. The Hall–Kier alpha value is -2.12. The molecule has 3 amide bonds. The Balaban J connectivity index is 0.00000312. The van der Waals surface area contributed by atoms with Crippen molar-refractivity contribution in [3.63, 3.8) is 0 Å². The summed E-state index contributed by atoms with van der Waals surface area (Å²) in [5.41, 5.74) is 8.80. The minimum Gasteiger partial charge on any atom is -0.345 e. The van der Waals surface area contributed by atoms with Crippen LogP contribution in [0.4, 0.5) is 5.69 Å². The van der Waals surface area contributed by atoms with E-state index in [1.54, 1.807) is 24.3 Å². The van der Waals surface area contributed by atoms with E-state index in [9.17, 15) is 14.4 Å². The zero-order valence-corrected chi connectivity index (χ0v) is 15.5. The van der Waals surface area contributed by atoms with E-state index in [1.165, 1.54) is 5.01 Å². The Morgan fingerprint density at radius 1 is 1.28 bits per heavy atom. The maximum Gasteiger partial charge on any atom is 0.251 e. The first-order chi connectivity index (χ1) is 11.3. The topological polar surface area (TPSA) is 105 Å². The zero-order valence-electron chi connectivity index (χ0n) is 14.7. The summed E-state index contributed by atoms with van der Waals surface area (Å²) in [4.78, 5) is 35.7. The Morgan fingerprint density at radius 2 is 1.88 bits per heavy atom. The number of anilines is 1. The highest BCUT2D eigenvalue weighted by Gasteiger charge is 2.29. The SMILES string of the molecule is CC(C)C(C)(CN)NC(=O)c1ccc(N2NC(=O)CCC2=O)cc1.Cl. The molecule has 1 fully saturated rings. The second-order valence-electron chi connectivity index (χ2n) is 6.54. The second-order valence-corrected chi connectivity index (χ2v) is 6.54. The third-order valence-electron chi connectivity index (χ3n) is 4.54. The summed E-state index contributed by atoms with van der Waals surface area (Å²) in [5, 5.41) is 4.17. The van der Waals surface area contributed by atoms with Gasteiger partial charge in [0.25, 0.3) is 5.91 Å². The van der Waals surface area contributed by atoms with Crippen molar-refractivity contribution < 1.29 is 14.4 Å². The minimum atomic E-state index is -0.493. The van der Waals surface area contributed by atoms with E-state index < -0.39 is 5.54 Å². The Bertz CT molecular complexity index is 648. The van der Waals surface area contributed by atoms with Gasteiger partial charge >= 0.3 is 0 Å². The van der Waals surface area contributed by atoms with E-state index in [4.69, 9.17) is 5.73 Å². The maximum absolute atomic E-state index is 12.4. The number of carbonyl (C=O) groups is 3. The van der Waals surface area contributed by atoms with Crippen molar-refractivity contribution in [2.75, 3.05) is 11.6 Å². The lowest BCUT2D eigenvalue weighted by molar-refractivity contribution is -0.130. The zero-order chi connectivity index (χ0) is 17.9. The molecule has 0 bridgehead atoms. The van der Waals surface area contributed by atoms with Gasteiger partial charge in [0.1, 0.15) is 0 Å². The minimum absolute atomic E-state index is 0. The molecule has 0 spiro atoms. The third-order valence-corrected chi connectivity index (χ3v) is 4.54. The molecule has 1 unspecified atom stereocenters. The van der Waals surface area contributed by atoms with Crippen LogP contribution < -0.4 is 21.5 Å². The van der Waals surface area contributed by atoms with E-state index in [0.717, 1.165) is 0 Å². The number of nitrogens with two attached hydrogens (primary N) is 1. The van der Waals surface area contributed by atoms with Gasteiger partial charge in [0.2, 0.25) is 11.8 Å². The fourth-order valence-electron chi connectivity index (χ4n) is 2.31. The van der Waals surface area contributed by atoms with Crippen molar-refractivity contribution in [2.45, 2.75) is 39.2 Å². The standard InChI is InChI=1S/C17H24N4O3.ClH/c1-11(2)17(3,10-18)19-16(24)12-4-6-13(7-5-12)21-15(23)9-8-14(22)20-21;/h4-7,11H,8-10,18H2,1-3H3,(H,19,24)(H,20,22);1H. The van der Waals surface area contributed by atoms with Crippen LogP contribution in [0.1, 0.15) is 44.0 Å². The van der Waals surface area contributed by atoms with Crippen LogP contribution in [0.5, 0.6) is 0 Å². The molecule has 8 heteroatoms. The summed E-state index contributed by atoms with van der Waals surface area (Å²) >= 11 is 0. The Morgan fingerprint density at radius 3 is 2.40 bits per heavy atom. The van der Waals surface area contributed by atoms with E-state index >= 15 is 0 Å². The highest BCUT2D eigenvalue weighted by Crippen LogP contribution is 2.19. The molecule has 1 aliphatic heterocycles. The average Bonchev–Trinajstić information content (AvgIpc) is 2.56. The van der Waals surface area contributed by atoms with Crippen molar-refractivity contribution in [2.24, 2.45) is 11.7 Å². The highest BCUT2D eigenvalue weighted by molar-refractivity contribution is 6.01. The first-order valence-corrected chi connectivity index (χ1v) is 8.02. The molecule has 1 saturated heterocycles. The number of amides is 3. The van der Waals surface area contributed by atoms with Gasteiger partial charge in [0, 0.05) is 24.9 Å². The number of nitrogens with one attached hydrogen (secondary N) is 2. The van der Waals surface area contributed by atoms with Crippen LogP contribution in [0.15, 0.2) is 24.3 Å². The third kappa shape index (κ3) is 4.70. The van der Waals surface area contributed by atoms with Crippen molar-refractivity contribution >= 4 is 35.8 Å². The van der Waals surface area contributed by atoms with Crippen LogP contribution in [0.25, 0.3) is 0 Å². The van der Waals surface area contributed by atoms with Crippen molar-refractivity contribution in [3.8, 4) is 0 Å². The Kier molecular flexibility index (Phi) is 6.96. The molecule has 1 aliphatic rings. The summed E-state index contributed by atoms with van der Waals surface area (Å²) in [7, 11) is 0. The summed E-state index contributed by atoms with van der Waals surface area (Å²) in [6, 6.07) is 6.51. The number of halogens is 1. The molecule has 4 N–H and O–H groups in total. The van der Waals surface area contributed by atoms with Gasteiger partial charge in [-0.1, -0.05) is 13.8 Å². The van der Waals surface area contributed by atoms with Crippen LogP contribution in [0, 0.1) is 5.92 Å². The van der Waals surface area contributed by atoms with Crippen LogP contribution in [-0.2, 0) is 9.59 Å². The van der Waals surface area contributed by atoms with Gasteiger partial charge < -0.3 is 11.1 Å². The molecule has 138 valence electrons. The second kappa shape index (κ2) is 8.31. The normalized spacial score (nSPS) is 16.8. The molecular weight excluding hydrogens is 344 g/mol. The van der Waals surface area contributed by atoms with Crippen LogP contribution in [-0.4, -0.2) is 29.8 Å². The van der Waals surface area contributed by atoms with E-state index in [-0.39, 0.29) is 48.9 Å². The molecule has 1 heterocycles. The van der Waals surface area contributed by atoms with Crippen LogP contribution >= 0.6 is 12.4 Å². The monoisotopic (exact) mass is 368 g/mol. The number of carbonyl (C=O) groups excluding carboxylic acids is 3. The largest absolute Gasteiger partial charge is 0.345 e. The molecule has 2 rings (SSSR count). The van der Waals surface area contributed by atoms with Crippen molar-refractivity contribution in [1.82, 2.24) is 10.7 Å². The predicted octanol–water partition coefficient (Wildman–Crippen LogP) is 1.37. The highest BCUT2D eigenvalue weighted by atomic mass is 35.5. The van der Waals surface area contributed by atoms with Gasteiger partial charge in [-0.05, 0) is 37.1 Å². The lowest BCUT2D eigenvalue weighted by Crippen LogP contribution is -2.55. The van der Waals surface area contributed by atoms with Crippen molar-refractivity contribution in [3.05, 3.63) is 29.8 Å². The van der Waals surface area contributed by atoms with Crippen LogP contribution in [0.3, 0.4) is 0 Å². The fourth-order valence-corrected chi connectivity index (χ4v) is 2.31. The molecular formula is C17H25ClN4O3. The van der Waals surface area contributed by atoms with E-state index in [0.29, 0.717) is 17.8 Å². The molecule has 0 saturated carbocycles. The molecule has 0 aromatic heterocycles. The number of nitrogens with zero attached hydrogens (tertiary/aromatic N) is 1. The maximum atomic E-state index is 12.4. The molecule has 1 aromatic carbocycles. The van der Waals surface area contributed by atoms with Gasteiger partial charge in [0.05, 0.1) is 11.2 Å². The lowest BCUT2D eigenvalue weighted by atomic mass is 9.88. The number of benzene rings is 1. The molecule has 0 radical (unpaired) electrons. The lowest BCUT2D eigenvalue weighted by Gasteiger charge is -2.33. The number of hydrogen-bond acceptors (Lipinski definition) is 4. The molecule has 7 nitrogen and oxygen atoms in total. The van der Waals surface area contributed by atoms with Gasteiger partial charge in [-0.2, -0.15) is 0 Å². The molecule has 1 atom stereocenters. The smallest absolute Gasteiger partial charge is 0.251 e. The van der Waals surface area contributed by atoms with E-state index in [2.05, 4.69) is 10.7 Å². The Labute approximate surface area is 153 Å². The van der Waals surface area contributed by atoms with Gasteiger partial charge in [-0.15, -0.1) is 12.4 Å². The molecule has 25 heavy (non-hydrogen) atoms. The molecule has 1 aromatic rings. The summed E-state index contributed by atoms with van der Waals surface area (Å²) < 4.78 is 0. The first-order valence-electron chi connectivity index (χ1n) is 8.02. The molecule has 0 aliphatic carbocycles. The number of hydrogen-bond donors (Lipinski definition) is 3.